The highest BCUT2D eigenvalue weighted by Crippen LogP contribution is 2.13. The van der Waals surface area contributed by atoms with Crippen molar-refractivity contribution in [2.45, 2.75) is 19.4 Å². The number of nitrogens with one attached hydrogen (secondary N) is 2. The molecule has 0 bridgehead atoms. The Morgan fingerprint density at radius 2 is 2.32 bits per heavy atom. The molecule has 3 rings (SSSR count). The second kappa shape index (κ2) is 8.36. The van der Waals surface area contributed by atoms with Crippen LogP contribution in [0.3, 0.4) is 0 Å². The number of carbonyl (C=O) groups excluding carboxylic acids is 1. The first-order valence-electron chi connectivity index (χ1n) is 7.49. The van der Waals surface area contributed by atoms with Gasteiger partial charge < -0.3 is 15.2 Å². The van der Waals surface area contributed by atoms with Crippen LogP contribution in [0.4, 0.5) is 0 Å². The van der Waals surface area contributed by atoms with Crippen LogP contribution in [0.2, 0.25) is 0 Å². The van der Waals surface area contributed by atoms with E-state index in [0.717, 1.165) is 31.9 Å². The summed E-state index contributed by atoms with van der Waals surface area (Å²) in [6, 6.07) is 7.96. The van der Waals surface area contributed by atoms with Gasteiger partial charge in [0.1, 0.15) is 5.69 Å². The zero-order valence-electron chi connectivity index (χ0n) is 12.5. The first-order chi connectivity index (χ1) is 10.3. The molecule has 0 aromatic carbocycles. The summed E-state index contributed by atoms with van der Waals surface area (Å²) in [7, 11) is 0. The monoisotopic (exact) mass is 339 g/mol. The lowest BCUT2D eigenvalue weighted by molar-refractivity contribution is 0.0936. The average molecular weight is 340 g/mol. The third-order valence-electron chi connectivity index (χ3n) is 3.92. The molecule has 0 saturated carbocycles. The number of rotatable bonds is 5. The van der Waals surface area contributed by atoms with Gasteiger partial charge >= 0.3 is 0 Å². The van der Waals surface area contributed by atoms with E-state index >= 15 is 0 Å². The zero-order valence-corrected chi connectivity index (χ0v) is 14.1. The third kappa shape index (κ3) is 4.35. The Balaban J connectivity index is 0.00000176. The number of piperidine rings is 1. The molecular weight excluding hydrogens is 318 g/mol. The molecule has 1 saturated heterocycles. The van der Waals surface area contributed by atoms with E-state index in [9.17, 15) is 4.79 Å². The van der Waals surface area contributed by atoms with Crippen LogP contribution >= 0.6 is 23.7 Å². The van der Waals surface area contributed by atoms with Gasteiger partial charge in [-0.05, 0) is 55.4 Å². The smallest absolute Gasteiger partial charge is 0.267 e. The lowest BCUT2D eigenvalue weighted by Gasteiger charge is -2.23. The van der Waals surface area contributed by atoms with E-state index < -0.39 is 0 Å². The molecular formula is C16H22ClN3OS. The first-order valence-corrected chi connectivity index (χ1v) is 8.37. The van der Waals surface area contributed by atoms with Crippen LogP contribution in [0.1, 0.15) is 28.2 Å². The van der Waals surface area contributed by atoms with Gasteiger partial charge in [-0.3, -0.25) is 4.79 Å². The number of hydrogen-bond acceptors (Lipinski definition) is 3. The van der Waals surface area contributed by atoms with Crippen LogP contribution in [0.5, 0.6) is 0 Å². The number of aromatic nitrogens is 1. The average Bonchev–Trinajstić information content (AvgIpc) is 3.18. The maximum absolute atomic E-state index is 12.3. The highest BCUT2D eigenvalue weighted by atomic mass is 35.5. The Bertz CT molecular complexity index is 576. The summed E-state index contributed by atoms with van der Waals surface area (Å²) in [6.45, 7) is 3.64. The van der Waals surface area contributed by atoms with Crippen LogP contribution in [-0.4, -0.2) is 30.1 Å². The van der Waals surface area contributed by atoms with E-state index in [1.165, 1.54) is 17.7 Å². The highest BCUT2D eigenvalue weighted by molar-refractivity contribution is 7.09. The molecule has 1 unspecified atom stereocenters. The van der Waals surface area contributed by atoms with E-state index in [0.29, 0.717) is 5.92 Å². The largest absolute Gasteiger partial charge is 0.350 e. The summed E-state index contributed by atoms with van der Waals surface area (Å²) in [4.78, 5) is 13.6. The normalized spacial score (nSPS) is 17.7. The maximum Gasteiger partial charge on any atom is 0.267 e. The van der Waals surface area contributed by atoms with Crippen LogP contribution in [0.15, 0.2) is 35.8 Å². The van der Waals surface area contributed by atoms with E-state index in [1.807, 2.05) is 29.0 Å². The number of amides is 1. The summed E-state index contributed by atoms with van der Waals surface area (Å²) >= 11 is 1.72. The molecule has 2 aromatic heterocycles. The molecule has 22 heavy (non-hydrogen) atoms. The molecule has 3 heterocycles. The molecule has 0 aliphatic carbocycles. The summed E-state index contributed by atoms with van der Waals surface area (Å²) in [6.07, 6.45) is 4.37. The molecule has 1 fully saturated rings. The number of carbonyl (C=O) groups is 1. The van der Waals surface area contributed by atoms with Crippen LogP contribution in [0, 0.1) is 5.92 Å². The van der Waals surface area contributed by atoms with Crippen LogP contribution in [0.25, 0.3) is 0 Å². The van der Waals surface area contributed by atoms with Crippen LogP contribution in [-0.2, 0) is 6.54 Å². The molecule has 1 amide bonds. The summed E-state index contributed by atoms with van der Waals surface area (Å²) in [5, 5.41) is 8.52. The molecule has 120 valence electrons. The number of hydrogen-bond donors (Lipinski definition) is 2. The molecule has 0 radical (unpaired) electrons. The molecule has 4 nitrogen and oxygen atoms in total. The van der Waals surface area contributed by atoms with Crippen molar-refractivity contribution in [2.75, 3.05) is 19.6 Å². The highest BCUT2D eigenvalue weighted by Gasteiger charge is 2.16. The van der Waals surface area contributed by atoms with Crippen molar-refractivity contribution in [1.29, 1.82) is 0 Å². The fraction of sp³-hybridized carbons (Fsp3) is 0.438. The fourth-order valence-corrected chi connectivity index (χ4v) is 3.46. The molecule has 1 aliphatic heterocycles. The van der Waals surface area contributed by atoms with Crippen molar-refractivity contribution in [3.05, 3.63) is 46.4 Å². The van der Waals surface area contributed by atoms with E-state index in [1.54, 1.807) is 11.3 Å². The minimum Gasteiger partial charge on any atom is -0.350 e. The second-order valence-electron chi connectivity index (χ2n) is 5.52. The van der Waals surface area contributed by atoms with Gasteiger partial charge in [-0.2, -0.15) is 0 Å². The van der Waals surface area contributed by atoms with E-state index in [-0.39, 0.29) is 18.3 Å². The fourth-order valence-electron chi connectivity index (χ4n) is 2.75. The summed E-state index contributed by atoms with van der Waals surface area (Å²) in [5.74, 6) is 0.588. The SMILES string of the molecule is Cl.O=C(NCC1CCCNC1)c1cccn1Cc1cccs1. The quantitative estimate of drug-likeness (QED) is 0.880. The lowest BCUT2D eigenvalue weighted by Crippen LogP contribution is -2.38. The third-order valence-corrected chi connectivity index (χ3v) is 4.78. The van der Waals surface area contributed by atoms with Gasteiger partial charge in [0.25, 0.3) is 5.91 Å². The first kappa shape index (κ1) is 17.1. The zero-order chi connectivity index (χ0) is 14.5. The van der Waals surface area contributed by atoms with Gasteiger partial charge in [0.05, 0.1) is 6.54 Å². The predicted octanol–water partition coefficient (Wildman–Crippen LogP) is 2.75. The number of halogens is 1. The Morgan fingerprint density at radius 3 is 3.05 bits per heavy atom. The minimum absolute atomic E-state index is 0. The predicted molar refractivity (Wildman–Crippen MR) is 93.0 cm³/mol. The molecule has 1 aliphatic rings. The number of nitrogens with zero attached hydrogens (tertiary/aromatic N) is 1. The standard InChI is InChI=1S/C16H21N3OS.ClH/c20-16(18-11-13-4-1-7-17-10-13)15-6-2-8-19(15)12-14-5-3-9-21-14;/h2-3,5-6,8-9,13,17H,1,4,7,10-12H2,(H,18,20);1H. The second-order valence-corrected chi connectivity index (χ2v) is 6.56. The van der Waals surface area contributed by atoms with Gasteiger partial charge in [-0.1, -0.05) is 6.07 Å². The molecule has 0 spiro atoms. The number of thiophene rings is 1. The molecule has 2 aromatic rings. The Hall–Kier alpha value is -1.30. The molecule has 1 atom stereocenters. The van der Waals surface area contributed by atoms with Crippen molar-refractivity contribution in [3.63, 3.8) is 0 Å². The van der Waals surface area contributed by atoms with E-state index in [2.05, 4.69) is 22.1 Å². The van der Waals surface area contributed by atoms with Gasteiger partial charge in [-0.15, -0.1) is 23.7 Å². The van der Waals surface area contributed by atoms with Gasteiger partial charge in [0.15, 0.2) is 0 Å². The van der Waals surface area contributed by atoms with Crippen molar-refractivity contribution < 1.29 is 4.79 Å². The minimum atomic E-state index is 0. The van der Waals surface area contributed by atoms with Crippen molar-refractivity contribution in [1.82, 2.24) is 15.2 Å². The van der Waals surface area contributed by atoms with Gasteiger partial charge in [-0.25, -0.2) is 0 Å². The van der Waals surface area contributed by atoms with Gasteiger partial charge in [0, 0.05) is 17.6 Å². The van der Waals surface area contributed by atoms with E-state index in [4.69, 9.17) is 0 Å². The van der Waals surface area contributed by atoms with Crippen LogP contribution < -0.4 is 10.6 Å². The lowest BCUT2D eigenvalue weighted by atomic mass is 10.00. The Labute approximate surface area is 141 Å². The molecule has 2 N–H and O–H groups in total. The van der Waals surface area contributed by atoms with Gasteiger partial charge in [0.2, 0.25) is 0 Å². The van der Waals surface area contributed by atoms with Crippen molar-refractivity contribution >= 4 is 29.7 Å². The van der Waals surface area contributed by atoms with Crippen molar-refractivity contribution in [3.8, 4) is 0 Å². The summed E-state index contributed by atoms with van der Waals surface area (Å²) in [5.41, 5.74) is 0.743. The molecule has 6 heteroatoms. The Morgan fingerprint density at radius 1 is 1.41 bits per heavy atom. The summed E-state index contributed by atoms with van der Waals surface area (Å²) < 4.78 is 2.01. The maximum atomic E-state index is 12.3. The topological polar surface area (TPSA) is 46.1 Å². The Kier molecular flexibility index (Phi) is 6.49. The van der Waals surface area contributed by atoms with Crippen molar-refractivity contribution in [2.24, 2.45) is 5.92 Å².